The van der Waals surface area contributed by atoms with Crippen molar-refractivity contribution in [1.29, 1.82) is 0 Å². The van der Waals surface area contributed by atoms with Gasteiger partial charge in [-0.3, -0.25) is 0 Å². The molecule has 13 heavy (non-hydrogen) atoms. The molecule has 1 unspecified atom stereocenters. The van der Waals surface area contributed by atoms with Gasteiger partial charge in [0.05, 0.1) is 6.61 Å². The van der Waals surface area contributed by atoms with E-state index in [0.29, 0.717) is 12.6 Å². The molecule has 1 rings (SSSR count). The monoisotopic (exact) mass is 185 g/mol. The summed E-state index contributed by atoms with van der Waals surface area (Å²) in [6.45, 7) is 3.64. The number of nitrogens with one attached hydrogen (secondary N) is 1. The van der Waals surface area contributed by atoms with E-state index in [1.807, 2.05) is 0 Å². The van der Waals surface area contributed by atoms with Crippen LogP contribution in [0.25, 0.3) is 0 Å². The van der Waals surface area contributed by atoms with E-state index in [4.69, 9.17) is 5.11 Å². The highest BCUT2D eigenvalue weighted by molar-refractivity contribution is 4.77. The van der Waals surface area contributed by atoms with Crippen molar-refractivity contribution in [2.24, 2.45) is 5.92 Å². The highest BCUT2D eigenvalue weighted by atomic mass is 16.3. The van der Waals surface area contributed by atoms with E-state index in [1.54, 1.807) is 0 Å². The number of aliphatic hydroxyl groups is 1. The Bertz CT molecular complexity index is 123. The van der Waals surface area contributed by atoms with Gasteiger partial charge in [-0.05, 0) is 31.7 Å². The van der Waals surface area contributed by atoms with Crippen molar-refractivity contribution in [1.82, 2.24) is 5.32 Å². The van der Waals surface area contributed by atoms with Gasteiger partial charge in [-0.15, -0.1) is 0 Å². The van der Waals surface area contributed by atoms with E-state index in [2.05, 4.69) is 12.2 Å². The molecular weight excluding hydrogens is 162 g/mol. The Morgan fingerprint density at radius 1 is 1.38 bits per heavy atom. The molecule has 1 atom stereocenters. The molecule has 2 nitrogen and oxygen atoms in total. The molecule has 0 bridgehead atoms. The molecule has 1 aliphatic carbocycles. The summed E-state index contributed by atoms with van der Waals surface area (Å²) in [5, 5.41) is 12.5. The molecule has 78 valence electrons. The summed E-state index contributed by atoms with van der Waals surface area (Å²) in [6.07, 6.45) is 7.72. The van der Waals surface area contributed by atoms with Crippen molar-refractivity contribution in [3.8, 4) is 0 Å². The quantitative estimate of drug-likeness (QED) is 0.566. The zero-order valence-electron chi connectivity index (χ0n) is 8.76. The Labute approximate surface area is 81.7 Å². The molecule has 0 aromatic heterocycles. The lowest BCUT2D eigenvalue weighted by atomic mass is 10.1. The summed E-state index contributed by atoms with van der Waals surface area (Å²) in [7, 11) is 0. The Kier molecular flexibility index (Phi) is 5.40. The van der Waals surface area contributed by atoms with Crippen molar-refractivity contribution < 1.29 is 5.11 Å². The third-order valence-electron chi connectivity index (χ3n) is 2.77. The molecule has 0 aromatic carbocycles. The summed E-state index contributed by atoms with van der Waals surface area (Å²) in [4.78, 5) is 0. The van der Waals surface area contributed by atoms with Gasteiger partial charge in [0.2, 0.25) is 0 Å². The maximum atomic E-state index is 9.10. The van der Waals surface area contributed by atoms with Crippen molar-refractivity contribution >= 4 is 0 Å². The van der Waals surface area contributed by atoms with Crippen LogP contribution in [0.1, 0.15) is 45.4 Å². The van der Waals surface area contributed by atoms with Gasteiger partial charge in [-0.2, -0.15) is 0 Å². The van der Waals surface area contributed by atoms with Crippen LogP contribution >= 0.6 is 0 Å². The van der Waals surface area contributed by atoms with Crippen LogP contribution in [0, 0.1) is 5.92 Å². The second-order valence-corrected chi connectivity index (χ2v) is 4.23. The lowest BCUT2D eigenvalue weighted by Crippen LogP contribution is -2.33. The maximum absolute atomic E-state index is 9.10. The largest absolute Gasteiger partial charge is 0.395 e. The molecule has 1 saturated carbocycles. The highest BCUT2D eigenvalue weighted by Gasteiger charge is 2.21. The van der Waals surface area contributed by atoms with E-state index in [1.165, 1.54) is 32.1 Å². The first kappa shape index (κ1) is 11.0. The third kappa shape index (κ3) is 5.27. The zero-order valence-corrected chi connectivity index (χ0v) is 8.76. The van der Waals surface area contributed by atoms with Gasteiger partial charge in [-0.1, -0.05) is 26.2 Å². The SMILES string of the molecule is CCCCCC(CO)NCC1CC1. The van der Waals surface area contributed by atoms with Crippen LogP contribution in [0.5, 0.6) is 0 Å². The summed E-state index contributed by atoms with van der Waals surface area (Å²) >= 11 is 0. The minimum absolute atomic E-state index is 0.302. The Balaban J connectivity index is 1.95. The molecule has 0 aliphatic heterocycles. The van der Waals surface area contributed by atoms with Crippen LogP contribution in [0.2, 0.25) is 0 Å². The predicted molar refractivity (Wildman–Crippen MR) is 55.7 cm³/mol. The van der Waals surface area contributed by atoms with E-state index in [0.717, 1.165) is 18.9 Å². The lowest BCUT2D eigenvalue weighted by Gasteiger charge is -2.15. The predicted octanol–water partition coefficient (Wildman–Crippen LogP) is 1.93. The smallest absolute Gasteiger partial charge is 0.0584 e. The molecule has 0 radical (unpaired) electrons. The maximum Gasteiger partial charge on any atom is 0.0584 e. The van der Waals surface area contributed by atoms with Crippen LogP contribution in [-0.4, -0.2) is 24.3 Å². The second kappa shape index (κ2) is 6.39. The van der Waals surface area contributed by atoms with E-state index in [-0.39, 0.29) is 0 Å². The third-order valence-corrected chi connectivity index (χ3v) is 2.77. The van der Waals surface area contributed by atoms with Crippen molar-refractivity contribution in [2.75, 3.05) is 13.2 Å². The van der Waals surface area contributed by atoms with E-state index < -0.39 is 0 Å². The minimum Gasteiger partial charge on any atom is -0.395 e. The molecule has 0 heterocycles. The van der Waals surface area contributed by atoms with Crippen molar-refractivity contribution in [3.63, 3.8) is 0 Å². The fraction of sp³-hybridized carbons (Fsp3) is 1.00. The van der Waals surface area contributed by atoms with Crippen LogP contribution < -0.4 is 5.32 Å². The zero-order chi connectivity index (χ0) is 9.52. The van der Waals surface area contributed by atoms with Gasteiger partial charge in [0, 0.05) is 6.04 Å². The summed E-state index contributed by atoms with van der Waals surface area (Å²) in [5.74, 6) is 0.917. The molecule has 0 aromatic rings. The fourth-order valence-electron chi connectivity index (χ4n) is 1.55. The van der Waals surface area contributed by atoms with Crippen LogP contribution in [0.3, 0.4) is 0 Å². The normalized spacial score (nSPS) is 18.9. The highest BCUT2D eigenvalue weighted by Crippen LogP contribution is 2.27. The van der Waals surface area contributed by atoms with Gasteiger partial charge in [0.15, 0.2) is 0 Å². The van der Waals surface area contributed by atoms with Crippen LogP contribution in [0.4, 0.5) is 0 Å². The van der Waals surface area contributed by atoms with Gasteiger partial charge in [0.25, 0.3) is 0 Å². The van der Waals surface area contributed by atoms with Gasteiger partial charge >= 0.3 is 0 Å². The molecular formula is C11H23NO. The van der Waals surface area contributed by atoms with Gasteiger partial charge in [0.1, 0.15) is 0 Å². The number of hydrogen-bond donors (Lipinski definition) is 2. The summed E-state index contributed by atoms with van der Waals surface area (Å²) < 4.78 is 0. The number of hydrogen-bond acceptors (Lipinski definition) is 2. The molecule has 0 spiro atoms. The average molecular weight is 185 g/mol. The number of unbranched alkanes of at least 4 members (excludes halogenated alkanes) is 2. The molecule has 0 saturated heterocycles. The molecule has 1 fully saturated rings. The topological polar surface area (TPSA) is 32.3 Å². The summed E-state index contributed by atoms with van der Waals surface area (Å²) in [6, 6.07) is 0.354. The Morgan fingerprint density at radius 2 is 2.15 bits per heavy atom. The summed E-state index contributed by atoms with van der Waals surface area (Å²) in [5.41, 5.74) is 0. The van der Waals surface area contributed by atoms with Crippen molar-refractivity contribution in [3.05, 3.63) is 0 Å². The van der Waals surface area contributed by atoms with Crippen LogP contribution in [-0.2, 0) is 0 Å². The lowest BCUT2D eigenvalue weighted by molar-refractivity contribution is 0.232. The van der Waals surface area contributed by atoms with Crippen LogP contribution in [0.15, 0.2) is 0 Å². The molecule has 0 amide bonds. The minimum atomic E-state index is 0.302. The first-order valence-electron chi connectivity index (χ1n) is 5.71. The Hall–Kier alpha value is -0.0800. The van der Waals surface area contributed by atoms with Gasteiger partial charge in [-0.25, -0.2) is 0 Å². The average Bonchev–Trinajstić information content (AvgIpc) is 2.94. The standard InChI is InChI=1S/C11H23NO/c1-2-3-4-5-11(9-13)12-8-10-6-7-10/h10-13H,2-9H2,1H3. The first-order valence-corrected chi connectivity index (χ1v) is 5.71. The fourth-order valence-corrected chi connectivity index (χ4v) is 1.55. The second-order valence-electron chi connectivity index (χ2n) is 4.23. The van der Waals surface area contributed by atoms with Gasteiger partial charge < -0.3 is 10.4 Å². The van der Waals surface area contributed by atoms with Crippen molar-refractivity contribution in [2.45, 2.75) is 51.5 Å². The Morgan fingerprint density at radius 3 is 2.69 bits per heavy atom. The first-order chi connectivity index (χ1) is 6.36. The van der Waals surface area contributed by atoms with E-state index in [9.17, 15) is 0 Å². The molecule has 1 aliphatic rings. The molecule has 2 N–H and O–H groups in total. The number of aliphatic hydroxyl groups excluding tert-OH is 1. The van der Waals surface area contributed by atoms with E-state index >= 15 is 0 Å². The molecule has 2 heteroatoms. The number of rotatable bonds is 8.